The van der Waals surface area contributed by atoms with Gasteiger partial charge >= 0.3 is 0 Å². The molecule has 23 heavy (non-hydrogen) atoms. The Kier molecular flexibility index (Phi) is 6.44. The van der Waals surface area contributed by atoms with Crippen LogP contribution >= 0.6 is 0 Å². The zero-order valence-electron chi connectivity index (χ0n) is 14.1. The van der Waals surface area contributed by atoms with Crippen molar-refractivity contribution in [1.82, 2.24) is 9.80 Å². The van der Waals surface area contributed by atoms with Crippen LogP contribution in [0, 0.1) is 0 Å². The van der Waals surface area contributed by atoms with Gasteiger partial charge in [0.05, 0.1) is 0 Å². The van der Waals surface area contributed by atoms with Crippen LogP contribution in [0.4, 0.5) is 0 Å². The zero-order valence-corrected chi connectivity index (χ0v) is 14.1. The van der Waals surface area contributed by atoms with Crippen molar-refractivity contribution < 1.29 is 14.3 Å². The molecule has 1 aromatic rings. The Morgan fingerprint density at radius 3 is 2.22 bits per heavy atom. The summed E-state index contributed by atoms with van der Waals surface area (Å²) < 4.78 is 5.68. The third-order valence-electron chi connectivity index (χ3n) is 4.15. The van der Waals surface area contributed by atoms with E-state index in [0.717, 1.165) is 24.2 Å². The predicted octanol–water partition coefficient (Wildman–Crippen LogP) is 2.10. The summed E-state index contributed by atoms with van der Waals surface area (Å²) >= 11 is 0. The SMILES string of the molecule is CCCC(=O)N1CCN(C(=O)COc2ccccc2CC)CC1. The first-order chi connectivity index (χ1) is 11.2. The van der Waals surface area contributed by atoms with Gasteiger partial charge in [-0.05, 0) is 24.5 Å². The molecular weight excluding hydrogens is 292 g/mol. The van der Waals surface area contributed by atoms with Crippen LogP contribution in [0.2, 0.25) is 0 Å². The maximum Gasteiger partial charge on any atom is 0.260 e. The third-order valence-corrected chi connectivity index (χ3v) is 4.15. The Morgan fingerprint density at radius 2 is 1.61 bits per heavy atom. The number of ether oxygens (including phenoxy) is 1. The van der Waals surface area contributed by atoms with Crippen LogP contribution < -0.4 is 4.74 Å². The Hall–Kier alpha value is -2.04. The van der Waals surface area contributed by atoms with Crippen LogP contribution in [-0.4, -0.2) is 54.4 Å². The molecule has 0 spiro atoms. The molecule has 0 aliphatic carbocycles. The van der Waals surface area contributed by atoms with Crippen molar-refractivity contribution in [3.05, 3.63) is 29.8 Å². The van der Waals surface area contributed by atoms with E-state index in [4.69, 9.17) is 4.74 Å². The highest BCUT2D eigenvalue weighted by molar-refractivity contribution is 5.79. The number of hydrogen-bond donors (Lipinski definition) is 0. The number of carbonyl (C=O) groups excluding carboxylic acids is 2. The van der Waals surface area contributed by atoms with Gasteiger partial charge in [-0.2, -0.15) is 0 Å². The molecule has 1 heterocycles. The van der Waals surface area contributed by atoms with Crippen LogP contribution in [0.5, 0.6) is 5.75 Å². The predicted molar refractivity (Wildman–Crippen MR) is 89.4 cm³/mol. The summed E-state index contributed by atoms with van der Waals surface area (Å²) in [6.45, 7) is 6.55. The molecule has 5 heteroatoms. The summed E-state index contributed by atoms with van der Waals surface area (Å²) in [4.78, 5) is 27.8. The molecule has 0 saturated carbocycles. The molecule has 1 aliphatic heterocycles. The van der Waals surface area contributed by atoms with Gasteiger partial charge < -0.3 is 14.5 Å². The third kappa shape index (κ3) is 4.71. The first-order valence-corrected chi connectivity index (χ1v) is 8.42. The topological polar surface area (TPSA) is 49.9 Å². The van der Waals surface area contributed by atoms with E-state index >= 15 is 0 Å². The Bertz CT molecular complexity index is 537. The minimum Gasteiger partial charge on any atom is -0.483 e. The van der Waals surface area contributed by atoms with Crippen molar-refractivity contribution in [2.45, 2.75) is 33.1 Å². The van der Waals surface area contributed by atoms with Gasteiger partial charge in [0.25, 0.3) is 5.91 Å². The average molecular weight is 318 g/mol. The summed E-state index contributed by atoms with van der Waals surface area (Å²) in [5, 5.41) is 0. The molecule has 0 radical (unpaired) electrons. The van der Waals surface area contributed by atoms with Gasteiger partial charge in [0.15, 0.2) is 6.61 Å². The summed E-state index contributed by atoms with van der Waals surface area (Å²) in [6, 6.07) is 7.79. The number of hydrogen-bond acceptors (Lipinski definition) is 3. The highest BCUT2D eigenvalue weighted by Crippen LogP contribution is 2.18. The van der Waals surface area contributed by atoms with Gasteiger partial charge in [-0.25, -0.2) is 0 Å². The van der Waals surface area contributed by atoms with E-state index in [1.807, 2.05) is 36.1 Å². The number of amides is 2. The van der Waals surface area contributed by atoms with Gasteiger partial charge in [0.1, 0.15) is 5.75 Å². The second-order valence-electron chi connectivity index (χ2n) is 5.76. The van der Waals surface area contributed by atoms with Gasteiger partial charge in [-0.15, -0.1) is 0 Å². The van der Waals surface area contributed by atoms with E-state index in [2.05, 4.69) is 6.92 Å². The summed E-state index contributed by atoms with van der Waals surface area (Å²) in [7, 11) is 0. The van der Waals surface area contributed by atoms with E-state index in [0.29, 0.717) is 32.6 Å². The van der Waals surface area contributed by atoms with Crippen molar-refractivity contribution in [2.75, 3.05) is 32.8 Å². The summed E-state index contributed by atoms with van der Waals surface area (Å²) in [5.74, 6) is 0.950. The Balaban J connectivity index is 1.80. The highest BCUT2D eigenvalue weighted by atomic mass is 16.5. The van der Waals surface area contributed by atoms with Crippen molar-refractivity contribution >= 4 is 11.8 Å². The molecule has 0 atom stereocenters. The number of nitrogens with zero attached hydrogens (tertiary/aromatic N) is 2. The number of aryl methyl sites for hydroxylation is 1. The number of benzene rings is 1. The fraction of sp³-hybridized carbons (Fsp3) is 0.556. The molecule has 1 aromatic carbocycles. The van der Waals surface area contributed by atoms with Crippen LogP contribution in [0.25, 0.3) is 0 Å². The lowest BCUT2D eigenvalue weighted by Gasteiger charge is -2.34. The minimum atomic E-state index is -0.0153. The van der Waals surface area contributed by atoms with Crippen molar-refractivity contribution in [1.29, 1.82) is 0 Å². The fourth-order valence-electron chi connectivity index (χ4n) is 2.74. The standard InChI is InChI=1S/C18H26N2O3/c1-3-7-17(21)19-10-12-20(13-11-19)18(22)14-23-16-9-6-5-8-15(16)4-2/h5-6,8-9H,3-4,7,10-14H2,1-2H3. The van der Waals surface area contributed by atoms with E-state index in [1.54, 1.807) is 4.90 Å². The summed E-state index contributed by atoms with van der Waals surface area (Å²) in [6.07, 6.45) is 2.33. The van der Waals surface area contributed by atoms with Crippen LogP contribution in [0.15, 0.2) is 24.3 Å². The van der Waals surface area contributed by atoms with E-state index in [1.165, 1.54) is 0 Å². The van der Waals surface area contributed by atoms with Gasteiger partial charge in [0.2, 0.25) is 5.91 Å². The van der Waals surface area contributed by atoms with Crippen molar-refractivity contribution in [2.24, 2.45) is 0 Å². The molecule has 1 aliphatic rings. The molecule has 0 aromatic heterocycles. The molecule has 2 rings (SSSR count). The molecule has 0 N–H and O–H groups in total. The van der Waals surface area contributed by atoms with Crippen LogP contribution in [0.1, 0.15) is 32.3 Å². The molecule has 0 bridgehead atoms. The van der Waals surface area contributed by atoms with Crippen LogP contribution in [-0.2, 0) is 16.0 Å². The lowest BCUT2D eigenvalue weighted by Crippen LogP contribution is -2.51. The molecule has 5 nitrogen and oxygen atoms in total. The molecule has 0 unspecified atom stereocenters. The minimum absolute atomic E-state index is 0.0153. The van der Waals surface area contributed by atoms with Gasteiger partial charge in [-0.1, -0.05) is 32.0 Å². The monoisotopic (exact) mass is 318 g/mol. The van der Waals surface area contributed by atoms with Gasteiger partial charge in [0, 0.05) is 32.6 Å². The first-order valence-electron chi connectivity index (χ1n) is 8.42. The van der Waals surface area contributed by atoms with E-state index in [9.17, 15) is 9.59 Å². The zero-order chi connectivity index (χ0) is 16.7. The maximum atomic E-state index is 12.3. The number of carbonyl (C=O) groups is 2. The summed E-state index contributed by atoms with van der Waals surface area (Å²) in [5.41, 5.74) is 1.11. The Labute approximate surface area is 138 Å². The number of para-hydroxylation sites is 1. The lowest BCUT2D eigenvalue weighted by molar-refractivity contribution is -0.140. The molecule has 2 amide bonds. The first kappa shape index (κ1) is 17.3. The number of piperazine rings is 1. The van der Waals surface area contributed by atoms with E-state index < -0.39 is 0 Å². The Morgan fingerprint density at radius 1 is 1.00 bits per heavy atom. The quantitative estimate of drug-likeness (QED) is 0.807. The lowest BCUT2D eigenvalue weighted by atomic mass is 10.1. The van der Waals surface area contributed by atoms with Gasteiger partial charge in [-0.3, -0.25) is 9.59 Å². The molecular formula is C18H26N2O3. The molecule has 126 valence electrons. The fourth-order valence-corrected chi connectivity index (χ4v) is 2.74. The molecule has 1 saturated heterocycles. The normalized spacial score (nSPS) is 14.7. The second-order valence-corrected chi connectivity index (χ2v) is 5.76. The smallest absolute Gasteiger partial charge is 0.260 e. The maximum absolute atomic E-state index is 12.3. The van der Waals surface area contributed by atoms with Crippen LogP contribution in [0.3, 0.4) is 0 Å². The highest BCUT2D eigenvalue weighted by Gasteiger charge is 2.23. The van der Waals surface area contributed by atoms with E-state index in [-0.39, 0.29) is 18.4 Å². The second kappa shape index (κ2) is 8.56. The number of rotatable bonds is 6. The largest absolute Gasteiger partial charge is 0.483 e. The van der Waals surface area contributed by atoms with Crippen molar-refractivity contribution in [3.8, 4) is 5.75 Å². The van der Waals surface area contributed by atoms with Crippen molar-refractivity contribution in [3.63, 3.8) is 0 Å². The molecule has 1 fully saturated rings. The average Bonchev–Trinajstić information content (AvgIpc) is 2.60.